The molecule has 0 aromatic heterocycles. The van der Waals surface area contributed by atoms with E-state index in [1.54, 1.807) is 0 Å². The summed E-state index contributed by atoms with van der Waals surface area (Å²) in [6.07, 6.45) is 4.50. The Labute approximate surface area is 87.1 Å². The minimum absolute atomic E-state index is 0.321. The second kappa shape index (κ2) is 6.00. The molecule has 0 aromatic carbocycles. The number of nitriles is 1. The zero-order valence-electron chi connectivity index (χ0n) is 9.29. The zero-order chi connectivity index (χ0) is 10.4. The Balaban J connectivity index is 2.08. The van der Waals surface area contributed by atoms with Crippen molar-refractivity contribution in [3.63, 3.8) is 0 Å². The highest BCUT2D eigenvalue weighted by molar-refractivity contribution is 4.88. The maximum absolute atomic E-state index is 8.75. The van der Waals surface area contributed by atoms with Crippen LogP contribution in [0.25, 0.3) is 0 Å². The van der Waals surface area contributed by atoms with Crippen LogP contribution in [0.3, 0.4) is 0 Å². The lowest BCUT2D eigenvalue weighted by Crippen LogP contribution is -2.37. The molecule has 0 aromatic rings. The molecule has 1 rings (SSSR count). The standard InChI is InChI=1S/C11H21N3/c1-14(2)8-7-13-11-5-3-10(9-12)4-6-11/h10-11,13H,3-8H2,1-2H3. The minimum atomic E-state index is 0.321. The summed E-state index contributed by atoms with van der Waals surface area (Å²) in [5.41, 5.74) is 0. The van der Waals surface area contributed by atoms with E-state index in [2.05, 4.69) is 30.4 Å². The van der Waals surface area contributed by atoms with Gasteiger partial charge in [-0.1, -0.05) is 0 Å². The number of nitrogens with one attached hydrogen (secondary N) is 1. The van der Waals surface area contributed by atoms with Gasteiger partial charge < -0.3 is 10.2 Å². The van der Waals surface area contributed by atoms with Crippen LogP contribution < -0.4 is 5.32 Å². The Morgan fingerprint density at radius 1 is 1.29 bits per heavy atom. The van der Waals surface area contributed by atoms with Crippen molar-refractivity contribution in [2.24, 2.45) is 5.92 Å². The minimum Gasteiger partial charge on any atom is -0.313 e. The first-order valence-corrected chi connectivity index (χ1v) is 5.50. The molecule has 0 spiro atoms. The van der Waals surface area contributed by atoms with Crippen molar-refractivity contribution in [2.45, 2.75) is 31.7 Å². The van der Waals surface area contributed by atoms with Crippen molar-refractivity contribution in [2.75, 3.05) is 27.2 Å². The van der Waals surface area contributed by atoms with E-state index in [-0.39, 0.29) is 0 Å². The average molecular weight is 195 g/mol. The van der Waals surface area contributed by atoms with E-state index < -0.39 is 0 Å². The van der Waals surface area contributed by atoms with Crippen molar-refractivity contribution in [3.05, 3.63) is 0 Å². The van der Waals surface area contributed by atoms with Crippen molar-refractivity contribution in [1.29, 1.82) is 5.26 Å². The van der Waals surface area contributed by atoms with Crippen LogP contribution in [0.15, 0.2) is 0 Å². The average Bonchev–Trinajstić information content (AvgIpc) is 2.18. The highest BCUT2D eigenvalue weighted by Crippen LogP contribution is 2.23. The predicted octanol–water partition coefficient (Wildman–Crippen LogP) is 1.22. The molecular weight excluding hydrogens is 174 g/mol. The normalized spacial score (nSPS) is 27.6. The van der Waals surface area contributed by atoms with Crippen LogP contribution in [0, 0.1) is 17.2 Å². The Kier molecular flexibility index (Phi) is 4.92. The molecule has 0 aliphatic heterocycles. The molecule has 0 bridgehead atoms. The van der Waals surface area contributed by atoms with Crippen LogP contribution >= 0.6 is 0 Å². The van der Waals surface area contributed by atoms with E-state index in [1.165, 1.54) is 12.8 Å². The van der Waals surface area contributed by atoms with Crippen LogP contribution in [-0.2, 0) is 0 Å². The van der Waals surface area contributed by atoms with E-state index >= 15 is 0 Å². The quantitative estimate of drug-likeness (QED) is 0.733. The molecule has 0 saturated heterocycles. The molecule has 0 heterocycles. The molecule has 0 atom stereocenters. The van der Waals surface area contributed by atoms with E-state index in [0.717, 1.165) is 25.9 Å². The highest BCUT2D eigenvalue weighted by Gasteiger charge is 2.19. The lowest BCUT2D eigenvalue weighted by molar-refractivity contribution is 0.314. The predicted molar refractivity (Wildman–Crippen MR) is 57.9 cm³/mol. The highest BCUT2D eigenvalue weighted by atomic mass is 15.1. The topological polar surface area (TPSA) is 39.1 Å². The lowest BCUT2D eigenvalue weighted by Gasteiger charge is -2.26. The number of hydrogen-bond donors (Lipinski definition) is 1. The molecule has 14 heavy (non-hydrogen) atoms. The Morgan fingerprint density at radius 3 is 2.43 bits per heavy atom. The van der Waals surface area contributed by atoms with Gasteiger partial charge in [0.1, 0.15) is 0 Å². The van der Waals surface area contributed by atoms with Crippen LogP contribution in [0.5, 0.6) is 0 Å². The first kappa shape index (κ1) is 11.5. The van der Waals surface area contributed by atoms with Gasteiger partial charge in [-0.2, -0.15) is 5.26 Å². The summed E-state index contributed by atoms with van der Waals surface area (Å²) in [5, 5.41) is 12.3. The molecule has 0 unspecified atom stereocenters. The maximum Gasteiger partial charge on any atom is 0.0655 e. The third-order valence-corrected chi connectivity index (χ3v) is 2.90. The van der Waals surface area contributed by atoms with Gasteiger partial charge in [0.15, 0.2) is 0 Å². The van der Waals surface area contributed by atoms with Gasteiger partial charge in [0, 0.05) is 25.0 Å². The molecular formula is C11H21N3. The lowest BCUT2D eigenvalue weighted by atomic mass is 9.87. The van der Waals surface area contributed by atoms with Crippen LogP contribution in [0.2, 0.25) is 0 Å². The van der Waals surface area contributed by atoms with Gasteiger partial charge in [-0.15, -0.1) is 0 Å². The maximum atomic E-state index is 8.75. The van der Waals surface area contributed by atoms with E-state index in [0.29, 0.717) is 12.0 Å². The SMILES string of the molecule is CN(C)CCNC1CCC(C#N)CC1. The molecule has 3 heteroatoms. The van der Waals surface area contributed by atoms with E-state index in [9.17, 15) is 0 Å². The fraction of sp³-hybridized carbons (Fsp3) is 0.909. The van der Waals surface area contributed by atoms with Gasteiger partial charge >= 0.3 is 0 Å². The largest absolute Gasteiger partial charge is 0.313 e. The number of nitrogens with zero attached hydrogens (tertiary/aromatic N) is 2. The van der Waals surface area contributed by atoms with Crippen LogP contribution in [-0.4, -0.2) is 38.1 Å². The van der Waals surface area contributed by atoms with Gasteiger partial charge in [0.25, 0.3) is 0 Å². The summed E-state index contributed by atoms with van der Waals surface area (Å²) in [5.74, 6) is 0.321. The van der Waals surface area contributed by atoms with Crippen molar-refractivity contribution in [3.8, 4) is 6.07 Å². The van der Waals surface area contributed by atoms with Crippen molar-refractivity contribution >= 4 is 0 Å². The summed E-state index contributed by atoms with van der Waals surface area (Å²) < 4.78 is 0. The smallest absolute Gasteiger partial charge is 0.0655 e. The van der Waals surface area contributed by atoms with E-state index in [1.807, 2.05) is 0 Å². The van der Waals surface area contributed by atoms with Gasteiger partial charge in [-0.05, 0) is 39.8 Å². The Hall–Kier alpha value is -0.590. The molecule has 1 N–H and O–H groups in total. The first-order chi connectivity index (χ1) is 6.72. The molecule has 1 saturated carbocycles. The third kappa shape index (κ3) is 4.08. The number of rotatable bonds is 4. The van der Waals surface area contributed by atoms with Gasteiger partial charge in [-0.3, -0.25) is 0 Å². The van der Waals surface area contributed by atoms with Crippen molar-refractivity contribution in [1.82, 2.24) is 10.2 Å². The first-order valence-electron chi connectivity index (χ1n) is 5.50. The third-order valence-electron chi connectivity index (χ3n) is 2.90. The van der Waals surface area contributed by atoms with Crippen LogP contribution in [0.4, 0.5) is 0 Å². The monoisotopic (exact) mass is 195 g/mol. The molecule has 1 aliphatic carbocycles. The number of hydrogen-bond acceptors (Lipinski definition) is 3. The Bertz CT molecular complexity index is 187. The summed E-state index contributed by atoms with van der Waals surface area (Å²) in [7, 11) is 4.18. The summed E-state index contributed by atoms with van der Waals surface area (Å²) >= 11 is 0. The number of likely N-dealkylation sites (N-methyl/N-ethyl adjacent to an activating group) is 1. The molecule has 3 nitrogen and oxygen atoms in total. The van der Waals surface area contributed by atoms with E-state index in [4.69, 9.17) is 5.26 Å². The fourth-order valence-corrected chi connectivity index (χ4v) is 1.92. The summed E-state index contributed by atoms with van der Waals surface area (Å²) in [6.45, 7) is 2.16. The molecule has 0 radical (unpaired) electrons. The summed E-state index contributed by atoms with van der Waals surface area (Å²) in [6, 6.07) is 3.02. The van der Waals surface area contributed by atoms with Crippen molar-refractivity contribution < 1.29 is 0 Å². The zero-order valence-corrected chi connectivity index (χ0v) is 9.29. The second-order valence-electron chi connectivity index (χ2n) is 4.44. The van der Waals surface area contributed by atoms with Gasteiger partial charge in [0.05, 0.1) is 6.07 Å². The molecule has 1 aliphatic rings. The fourth-order valence-electron chi connectivity index (χ4n) is 1.92. The van der Waals surface area contributed by atoms with Crippen LogP contribution in [0.1, 0.15) is 25.7 Å². The Morgan fingerprint density at radius 2 is 1.93 bits per heavy atom. The van der Waals surface area contributed by atoms with Gasteiger partial charge in [0.2, 0.25) is 0 Å². The van der Waals surface area contributed by atoms with Gasteiger partial charge in [-0.25, -0.2) is 0 Å². The molecule has 0 amide bonds. The molecule has 1 fully saturated rings. The second-order valence-corrected chi connectivity index (χ2v) is 4.44. The molecule has 80 valence electrons. The summed E-state index contributed by atoms with van der Waals surface area (Å²) in [4.78, 5) is 2.19.